The first-order valence-corrected chi connectivity index (χ1v) is 7.98. The van der Waals surface area contributed by atoms with E-state index in [2.05, 4.69) is 63.1 Å². The van der Waals surface area contributed by atoms with Gasteiger partial charge in [0, 0.05) is 0 Å². The molecule has 0 saturated heterocycles. The molecule has 0 N–H and O–H groups in total. The first kappa shape index (κ1) is 15.5. The summed E-state index contributed by atoms with van der Waals surface area (Å²) in [5.74, 6) is 0. The summed E-state index contributed by atoms with van der Waals surface area (Å²) in [7, 11) is 0. The van der Waals surface area contributed by atoms with Crippen LogP contribution in [0.15, 0.2) is 0 Å². The summed E-state index contributed by atoms with van der Waals surface area (Å²) in [4.78, 5) is 0. The Kier molecular flexibility index (Phi) is 7.13. The zero-order chi connectivity index (χ0) is 12.2. The summed E-state index contributed by atoms with van der Waals surface area (Å²) in [5, 5.41) is 0. The monoisotopic (exact) mass is 274 g/mol. The van der Waals surface area contributed by atoms with Gasteiger partial charge in [0.1, 0.15) is 0 Å². The van der Waals surface area contributed by atoms with Gasteiger partial charge in [0.05, 0.1) is 0 Å². The third-order valence-electron chi connectivity index (χ3n) is 2.46. The molecule has 0 aliphatic heterocycles. The normalized spacial score (nSPS) is 13.2. The fraction of sp³-hybridized carbons (Fsp3) is 1.00. The van der Waals surface area contributed by atoms with Gasteiger partial charge in [-0.1, -0.05) is 0 Å². The van der Waals surface area contributed by atoms with Crippen molar-refractivity contribution in [3.8, 4) is 0 Å². The maximum absolute atomic E-state index is 2.67. The van der Waals surface area contributed by atoms with Gasteiger partial charge in [0.2, 0.25) is 0 Å². The molecule has 2 nitrogen and oxygen atoms in total. The second-order valence-electron chi connectivity index (χ2n) is 5.29. The van der Waals surface area contributed by atoms with Crippen molar-refractivity contribution in [1.29, 1.82) is 0 Å². The van der Waals surface area contributed by atoms with Crippen LogP contribution in [-0.4, -0.2) is 47.8 Å². The van der Waals surface area contributed by atoms with Gasteiger partial charge in [-0.05, 0) is 0 Å². The molecule has 2 radical (unpaired) electrons. The van der Waals surface area contributed by atoms with Gasteiger partial charge < -0.3 is 0 Å². The average molecular weight is 273 g/mol. The van der Waals surface area contributed by atoms with Crippen LogP contribution in [0.2, 0.25) is 0 Å². The van der Waals surface area contributed by atoms with Crippen LogP contribution in [0.3, 0.4) is 0 Å². The molecule has 15 heavy (non-hydrogen) atoms. The predicted molar refractivity (Wildman–Crippen MR) is 70.0 cm³/mol. The standard InChI is InChI=1S/C12H28GeN2/c1-9(2)14(10(3)4)13-15(11(5)6)12(7)8/h9-12H,1-8H3. The van der Waals surface area contributed by atoms with Crippen molar-refractivity contribution in [2.45, 2.75) is 79.6 Å². The molecule has 0 saturated carbocycles. The molecule has 0 aliphatic rings. The van der Waals surface area contributed by atoms with Crippen LogP contribution in [0.1, 0.15) is 55.4 Å². The van der Waals surface area contributed by atoms with Crippen molar-refractivity contribution in [3.63, 3.8) is 0 Å². The number of nitrogens with zero attached hydrogens (tertiary/aromatic N) is 2. The van der Waals surface area contributed by atoms with Crippen molar-refractivity contribution in [2.75, 3.05) is 0 Å². The number of hydrogen-bond donors (Lipinski definition) is 0. The number of hydrogen-bond acceptors (Lipinski definition) is 2. The van der Waals surface area contributed by atoms with Crippen LogP contribution in [0, 0.1) is 0 Å². The van der Waals surface area contributed by atoms with Crippen LogP contribution in [0.5, 0.6) is 0 Å². The Morgan fingerprint density at radius 1 is 0.533 bits per heavy atom. The topological polar surface area (TPSA) is 6.48 Å². The van der Waals surface area contributed by atoms with Crippen LogP contribution in [0.4, 0.5) is 0 Å². The average Bonchev–Trinajstić information content (AvgIpc) is 2.01. The van der Waals surface area contributed by atoms with E-state index >= 15 is 0 Å². The van der Waals surface area contributed by atoms with E-state index in [1.54, 1.807) is 0 Å². The zero-order valence-electron chi connectivity index (χ0n) is 11.7. The summed E-state index contributed by atoms with van der Waals surface area (Å²) in [6.45, 7) is 18.5. The van der Waals surface area contributed by atoms with E-state index in [0.29, 0.717) is 24.2 Å². The minimum atomic E-state index is -0.148. The minimum absolute atomic E-state index is 0.148. The molecular weight excluding hydrogens is 245 g/mol. The summed E-state index contributed by atoms with van der Waals surface area (Å²) >= 11 is -0.148. The van der Waals surface area contributed by atoms with Gasteiger partial charge in [-0.2, -0.15) is 0 Å². The fourth-order valence-corrected chi connectivity index (χ4v) is 4.29. The molecule has 0 amide bonds. The van der Waals surface area contributed by atoms with E-state index in [4.69, 9.17) is 0 Å². The van der Waals surface area contributed by atoms with Gasteiger partial charge in [0.15, 0.2) is 0 Å². The zero-order valence-corrected chi connectivity index (χ0v) is 13.8. The van der Waals surface area contributed by atoms with Crippen molar-refractivity contribution in [2.24, 2.45) is 0 Å². The summed E-state index contributed by atoms with van der Waals surface area (Å²) in [6, 6.07) is 2.69. The van der Waals surface area contributed by atoms with Gasteiger partial charge in [0.25, 0.3) is 0 Å². The van der Waals surface area contributed by atoms with Crippen LogP contribution >= 0.6 is 0 Å². The predicted octanol–water partition coefficient (Wildman–Crippen LogP) is 2.76. The summed E-state index contributed by atoms with van der Waals surface area (Å²) in [6.07, 6.45) is 0. The van der Waals surface area contributed by atoms with Crippen molar-refractivity contribution in [3.05, 3.63) is 0 Å². The third-order valence-corrected chi connectivity index (χ3v) is 7.76. The molecule has 0 heterocycles. The quantitative estimate of drug-likeness (QED) is 0.686. The second kappa shape index (κ2) is 6.92. The van der Waals surface area contributed by atoms with Crippen molar-refractivity contribution in [1.82, 2.24) is 7.71 Å². The van der Waals surface area contributed by atoms with E-state index < -0.39 is 0 Å². The fourth-order valence-electron chi connectivity index (χ4n) is 1.79. The molecule has 90 valence electrons. The Morgan fingerprint density at radius 3 is 0.867 bits per heavy atom. The molecule has 3 heteroatoms. The molecule has 0 fully saturated rings. The molecule has 0 aromatic rings. The molecule has 0 rings (SSSR count). The van der Waals surface area contributed by atoms with E-state index in [1.165, 1.54) is 0 Å². The van der Waals surface area contributed by atoms with Crippen molar-refractivity contribution < 1.29 is 0 Å². The Hall–Kier alpha value is 0.463. The van der Waals surface area contributed by atoms with Gasteiger partial charge in [-0.3, -0.25) is 0 Å². The van der Waals surface area contributed by atoms with Crippen LogP contribution < -0.4 is 0 Å². The molecule has 0 aromatic heterocycles. The Balaban J connectivity index is 4.48. The van der Waals surface area contributed by atoms with E-state index in [1.807, 2.05) is 0 Å². The Labute approximate surface area is 103 Å². The maximum atomic E-state index is 2.67. The Bertz CT molecular complexity index is 133. The van der Waals surface area contributed by atoms with E-state index in [0.717, 1.165) is 0 Å². The van der Waals surface area contributed by atoms with Gasteiger partial charge in [-0.15, -0.1) is 0 Å². The van der Waals surface area contributed by atoms with Crippen LogP contribution in [0.25, 0.3) is 0 Å². The van der Waals surface area contributed by atoms with E-state index in [9.17, 15) is 0 Å². The first-order valence-electron chi connectivity index (χ1n) is 6.10. The third kappa shape index (κ3) is 5.36. The van der Waals surface area contributed by atoms with Crippen LogP contribution in [-0.2, 0) is 0 Å². The molecular formula is C12H28GeN2. The van der Waals surface area contributed by atoms with Gasteiger partial charge >= 0.3 is 103 Å². The first-order chi connectivity index (χ1) is 6.77. The summed E-state index contributed by atoms with van der Waals surface area (Å²) < 4.78 is 5.33. The molecule has 0 bridgehead atoms. The van der Waals surface area contributed by atoms with Gasteiger partial charge in [-0.25, -0.2) is 0 Å². The van der Waals surface area contributed by atoms with E-state index in [-0.39, 0.29) is 15.9 Å². The molecule has 0 atom stereocenters. The van der Waals surface area contributed by atoms with Crippen molar-refractivity contribution >= 4 is 15.9 Å². The molecule has 0 aliphatic carbocycles. The second-order valence-corrected chi connectivity index (χ2v) is 7.88. The Morgan fingerprint density at radius 2 is 0.733 bits per heavy atom. The molecule has 0 unspecified atom stereocenters. The molecule has 0 spiro atoms. The number of rotatable bonds is 6. The summed E-state index contributed by atoms with van der Waals surface area (Å²) in [5.41, 5.74) is 0. The SMILES string of the molecule is CC(C)[N]([Ge][N](C(C)C)C(C)C)C(C)C. The molecule has 0 aromatic carbocycles.